The summed E-state index contributed by atoms with van der Waals surface area (Å²) in [7, 11) is 0. The fourth-order valence-corrected chi connectivity index (χ4v) is 4.05. The lowest BCUT2D eigenvalue weighted by Gasteiger charge is -2.37. The molecule has 0 unspecified atom stereocenters. The van der Waals surface area contributed by atoms with Gasteiger partial charge < -0.3 is 19.2 Å². The predicted octanol–water partition coefficient (Wildman–Crippen LogP) is 3.39. The van der Waals surface area contributed by atoms with Crippen LogP contribution in [0.4, 0.5) is 6.01 Å². The Balaban J connectivity index is 1.31. The topological polar surface area (TPSA) is 71.6 Å². The van der Waals surface area contributed by atoms with Crippen molar-refractivity contribution in [2.24, 2.45) is 0 Å². The molecular formula is C21H21N3O3. The number of benzene rings is 1. The van der Waals surface area contributed by atoms with E-state index in [4.69, 9.17) is 9.15 Å². The summed E-state index contributed by atoms with van der Waals surface area (Å²) >= 11 is 0. The third kappa shape index (κ3) is 2.86. The van der Waals surface area contributed by atoms with Gasteiger partial charge in [-0.05, 0) is 24.5 Å². The fraction of sp³-hybridized carbons (Fsp3) is 0.333. The molecule has 27 heavy (non-hydrogen) atoms. The number of fused-ring (bicyclic) bond motifs is 2. The second-order valence-electron chi connectivity index (χ2n) is 7.19. The Hall–Kier alpha value is -2.86. The highest BCUT2D eigenvalue weighted by atomic mass is 16.5. The van der Waals surface area contributed by atoms with Crippen LogP contribution in [0.15, 0.2) is 53.1 Å². The second kappa shape index (κ2) is 6.39. The van der Waals surface area contributed by atoms with E-state index in [1.54, 1.807) is 0 Å². The molecule has 0 saturated carbocycles. The molecule has 1 fully saturated rings. The number of hydrogen-bond acceptors (Lipinski definition) is 6. The van der Waals surface area contributed by atoms with Crippen molar-refractivity contribution < 1.29 is 14.3 Å². The molecule has 2 aromatic heterocycles. The van der Waals surface area contributed by atoms with Crippen LogP contribution < -0.4 is 4.90 Å². The average molecular weight is 363 g/mol. The van der Waals surface area contributed by atoms with Crippen LogP contribution in [0.1, 0.15) is 35.4 Å². The first-order valence-electron chi connectivity index (χ1n) is 9.29. The number of oxazole rings is 1. The molecule has 4 heterocycles. The number of hydrogen-bond donors (Lipinski definition) is 1. The number of ether oxygens (including phenoxy) is 1. The molecule has 2 aliphatic heterocycles. The van der Waals surface area contributed by atoms with Gasteiger partial charge in [-0.1, -0.05) is 36.4 Å². The zero-order valence-electron chi connectivity index (χ0n) is 15.0. The second-order valence-corrected chi connectivity index (χ2v) is 7.19. The van der Waals surface area contributed by atoms with Gasteiger partial charge in [0.25, 0.3) is 5.88 Å². The molecule has 1 saturated heterocycles. The molecular weight excluding hydrogens is 342 g/mol. The van der Waals surface area contributed by atoms with Gasteiger partial charge in [-0.25, -0.2) is 0 Å². The summed E-state index contributed by atoms with van der Waals surface area (Å²) in [5, 5.41) is 10.2. The van der Waals surface area contributed by atoms with Crippen LogP contribution in [0.3, 0.4) is 0 Å². The lowest BCUT2D eigenvalue weighted by molar-refractivity contribution is -0.0577. The summed E-state index contributed by atoms with van der Waals surface area (Å²) in [6.07, 6.45) is 4.02. The van der Waals surface area contributed by atoms with Crippen LogP contribution in [0.5, 0.6) is 5.88 Å². The molecule has 6 nitrogen and oxygen atoms in total. The van der Waals surface area contributed by atoms with E-state index in [2.05, 4.69) is 20.9 Å². The van der Waals surface area contributed by atoms with Crippen molar-refractivity contribution in [3.05, 3.63) is 71.2 Å². The summed E-state index contributed by atoms with van der Waals surface area (Å²) in [5.41, 5.74) is 3.04. The minimum absolute atomic E-state index is 0.0294. The quantitative estimate of drug-likeness (QED) is 0.769. The molecule has 0 amide bonds. The lowest BCUT2D eigenvalue weighted by atomic mass is 9.87. The molecule has 0 bridgehead atoms. The van der Waals surface area contributed by atoms with Crippen LogP contribution in [0.2, 0.25) is 0 Å². The van der Waals surface area contributed by atoms with E-state index in [1.165, 1.54) is 5.56 Å². The molecule has 0 radical (unpaired) electrons. The lowest BCUT2D eigenvalue weighted by Crippen LogP contribution is -2.43. The zero-order chi connectivity index (χ0) is 18.3. The highest BCUT2D eigenvalue weighted by Gasteiger charge is 2.44. The molecule has 1 N–H and O–H groups in total. The zero-order valence-corrected chi connectivity index (χ0v) is 15.0. The Morgan fingerprint density at radius 3 is 2.70 bits per heavy atom. The first-order valence-corrected chi connectivity index (χ1v) is 9.29. The molecule has 1 aromatic carbocycles. The fourth-order valence-electron chi connectivity index (χ4n) is 4.05. The maximum absolute atomic E-state index is 10.2. The van der Waals surface area contributed by atoms with Gasteiger partial charge >= 0.3 is 6.01 Å². The predicted molar refractivity (Wildman–Crippen MR) is 99.6 cm³/mol. The molecule has 0 aliphatic carbocycles. The van der Waals surface area contributed by atoms with Crippen molar-refractivity contribution in [3.8, 4) is 5.88 Å². The number of aromatic hydroxyl groups is 1. The van der Waals surface area contributed by atoms with E-state index < -0.39 is 0 Å². The Labute approximate surface area is 157 Å². The molecule has 6 heteroatoms. The smallest absolute Gasteiger partial charge is 0.300 e. The number of piperidine rings is 1. The standard InChI is InChI=1S/C21H21N3O3/c25-19-17(13-15-5-2-1-3-6-15)27-20(23-19)24-11-8-21(9-12-24)18-16(14-26-21)7-4-10-22-18/h1-7,10,25H,8-9,11-14H2. The van der Waals surface area contributed by atoms with Crippen LogP contribution in [-0.2, 0) is 23.4 Å². The molecule has 1 spiro atoms. The summed E-state index contributed by atoms with van der Waals surface area (Å²) in [4.78, 5) is 10.9. The number of pyridine rings is 1. The van der Waals surface area contributed by atoms with E-state index in [1.807, 2.05) is 42.6 Å². The number of aromatic nitrogens is 2. The van der Waals surface area contributed by atoms with Gasteiger partial charge in [0.05, 0.1) is 12.3 Å². The molecule has 138 valence electrons. The largest absolute Gasteiger partial charge is 0.491 e. The van der Waals surface area contributed by atoms with Crippen LogP contribution in [-0.4, -0.2) is 28.2 Å². The maximum atomic E-state index is 10.2. The van der Waals surface area contributed by atoms with Crippen LogP contribution >= 0.6 is 0 Å². The monoisotopic (exact) mass is 363 g/mol. The number of anilines is 1. The van der Waals surface area contributed by atoms with E-state index in [9.17, 15) is 5.11 Å². The summed E-state index contributed by atoms with van der Waals surface area (Å²) in [6, 6.07) is 14.5. The van der Waals surface area contributed by atoms with Crippen LogP contribution in [0, 0.1) is 0 Å². The van der Waals surface area contributed by atoms with Crippen molar-refractivity contribution in [1.82, 2.24) is 9.97 Å². The Bertz CT molecular complexity index is 946. The van der Waals surface area contributed by atoms with Crippen molar-refractivity contribution in [3.63, 3.8) is 0 Å². The van der Waals surface area contributed by atoms with Gasteiger partial charge in [0, 0.05) is 31.3 Å². The van der Waals surface area contributed by atoms with Crippen molar-refractivity contribution in [1.29, 1.82) is 0 Å². The summed E-state index contributed by atoms with van der Waals surface area (Å²) < 4.78 is 12.0. The van der Waals surface area contributed by atoms with Crippen molar-refractivity contribution >= 4 is 6.01 Å². The average Bonchev–Trinajstić information content (AvgIpc) is 3.25. The van der Waals surface area contributed by atoms with Gasteiger partial charge in [-0.3, -0.25) is 4.98 Å². The summed E-state index contributed by atoms with van der Waals surface area (Å²) in [6.45, 7) is 2.13. The molecule has 5 rings (SSSR count). The third-order valence-electron chi connectivity index (χ3n) is 5.54. The minimum Gasteiger partial charge on any atom is -0.491 e. The SMILES string of the molecule is Oc1nc(N2CCC3(CC2)OCc2cccnc23)oc1Cc1ccccc1. The molecule has 0 atom stereocenters. The minimum atomic E-state index is -0.297. The summed E-state index contributed by atoms with van der Waals surface area (Å²) in [5.74, 6) is 0.471. The van der Waals surface area contributed by atoms with Crippen molar-refractivity contribution in [2.45, 2.75) is 31.5 Å². The Morgan fingerprint density at radius 2 is 1.89 bits per heavy atom. The number of nitrogens with zero attached hydrogens (tertiary/aromatic N) is 3. The number of rotatable bonds is 3. The Morgan fingerprint density at radius 1 is 1.07 bits per heavy atom. The van der Waals surface area contributed by atoms with E-state index in [0.29, 0.717) is 24.8 Å². The molecule has 2 aliphatic rings. The van der Waals surface area contributed by atoms with E-state index >= 15 is 0 Å². The molecule has 3 aromatic rings. The maximum Gasteiger partial charge on any atom is 0.300 e. The Kier molecular flexibility index (Phi) is 3.86. The van der Waals surface area contributed by atoms with Gasteiger partial charge in [-0.2, -0.15) is 4.98 Å². The van der Waals surface area contributed by atoms with E-state index in [0.717, 1.165) is 37.2 Å². The first kappa shape index (κ1) is 16.3. The highest BCUT2D eigenvalue weighted by Crippen LogP contribution is 2.43. The van der Waals surface area contributed by atoms with Gasteiger partial charge in [0.2, 0.25) is 0 Å². The normalized spacial score (nSPS) is 18.0. The third-order valence-corrected chi connectivity index (χ3v) is 5.54. The van der Waals surface area contributed by atoms with Gasteiger partial charge in [0.1, 0.15) is 5.60 Å². The van der Waals surface area contributed by atoms with Gasteiger partial charge in [-0.15, -0.1) is 0 Å². The van der Waals surface area contributed by atoms with Crippen molar-refractivity contribution in [2.75, 3.05) is 18.0 Å². The van der Waals surface area contributed by atoms with Gasteiger partial charge in [0.15, 0.2) is 5.76 Å². The van der Waals surface area contributed by atoms with Crippen LogP contribution in [0.25, 0.3) is 0 Å². The highest BCUT2D eigenvalue weighted by molar-refractivity contribution is 5.37. The van der Waals surface area contributed by atoms with E-state index in [-0.39, 0.29) is 11.5 Å². The first-order chi connectivity index (χ1) is 13.2.